The van der Waals surface area contributed by atoms with E-state index in [1.165, 1.54) is 161 Å². The first kappa shape index (κ1) is 78.1. The molecule has 0 bridgehead atoms. The van der Waals surface area contributed by atoms with Crippen LogP contribution in [0, 0.1) is 0 Å². The molecule has 0 N–H and O–H groups in total. The summed E-state index contributed by atoms with van der Waals surface area (Å²) in [5, 5.41) is 0. The lowest BCUT2D eigenvalue weighted by atomic mass is 10.0. The minimum atomic E-state index is -0.784. The van der Waals surface area contributed by atoms with E-state index in [-0.39, 0.29) is 31.1 Å². The molecule has 0 heterocycles. The van der Waals surface area contributed by atoms with Gasteiger partial charge in [0.15, 0.2) is 6.10 Å². The van der Waals surface area contributed by atoms with Crippen molar-refractivity contribution >= 4 is 17.9 Å². The zero-order valence-corrected chi connectivity index (χ0v) is 54.0. The average Bonchev–Trinajstić information content (AvgIpc) is 3.47. The van der Waals surface area contributed by atoms with Gasteiger partial charge in [-0.05, 0) is 89.9 Å². The Bertz CT molecular complexity index is 1640. The van der Waals surface area contributed by atoms with Gasteiger partial charge in [-0.25, -0.2) is 0 Å². The van der Waals surface area contributed by atoms with E-state index in [1.54, 1.807) is 0 Å². The summed E-state index contributed by atoms with van der Waals surface area (Å²) in [6.07, 6.45) is 95.6. The van der Waals surface area contributed by atoms with Gasteiger partial charge in [-0.15, -0.1) is 0 Å². The van der Waals surface area contributed by atoms with Crippen molar-refractivity contribution in [2.45, 2.75) is 341 Å². The molecule has 0 aromatic heterocycles. The Kier molecular flexibility index (Phi) is 66.2. The summed E-state index contributed by atoms with van der Waals surface area (Å²) >= 11 is 0. The standard InChI is InChI=1S/C76H130O6/c1-4-7-10-13-16-19-21-23-25-27-29-31-33-34-35-36-37-38-39-40-41-42-44-45-47-49-51-53-55-57-60-63-66-69-75(78)81-72-73(71-80-74(77)68-65-62-59-18-15-12-9-6-3)82-76(79)70-67-64-61-58-56-54-52-50-48-46-43-32-30-28-26-24-22-20-17-14-11-8-5-2/h7,10,16,19,23,25,29,31,34-35,37-38,40-41,44-45,49,51,73H,4-6,8-9,11-15,17-18,20-22,24,26-28,30,32-33,36,39,42-43,46-48,50,52-72H2,1-3H3/b10-7-,19-16-,25-23-,31-29-,35-34-,38-37-,41-40-,45-44-,51-49-. The second-order valence-corrected chi connectivity index (χ2v) is 23.1. The van der Waals surface area contributed by atoms with Gasteiger partial charge in [-0.1, -0.05) is 336 Å². The molecule has 1 atom stereocenters. The number of hydrogen-bond acceptors (Lipinski definition) is 6. The first-order valence-electron chi connectivity index (χ1n) is 34.9. The fraction of sp³-hybridized carbons (Fsp3) is 0.724. The summed E-state index contributed by atoms with van der Waals surface area (Å²) in [5.41, 5.74) is 0. The van der Waals surface area contributed by atoms with Crippen LogP contribution in [0.15, 0.2) is 109 Å². The highest BCUT2D eigenvalue weighted by molar-refractivity contribution is 5.71. The molecule has 0 radical (unpaired) electrons. The number of carbonyl (C=O) groups is 3. The van der Waals surface area contributed by atoms with Gasteiger partial charge >= 0.3 is 17.9 Å². The Morgan fingerprint density at radius 2 is 0.476 bits per heavy atom. The van der Waals surface area contributed by atoms with Gasteiger partial charge < -0.3 is 14.2 Å². The molecule has 0 amide bonds. The van der Waals surface area contributed by atoms with Gasteiger partial charge in [-0.3, -0.25) is 14.4 Å². The van der Waals surface area contributed by atoms with Crippen molar-refractivity contribution in [1.29, 1.82) is 0 Å². The van der Waals surface area contributed by atoms with Gasteiger partial charge in [0.05, 0.1) is 0 Å². The summed E-state index contributed by atoms with van der Waals surface area (Å²) < 4.78 is 16.9. The fourth-order valence-corrected chi connectivity index (χ4v) is 9.85. The third-order valence-corrected chi connectivity index (χ3v) is 15.0. The van der Waals surface area contributed by atoms with E-state index >= 15 is 0 Å². The normalized spacial score (nSPS) is 12.8. The quantitative estimate of drug-likeness (QED) is 0.0261. The second-order valence-electron chi connectivity index (χ2n) is 23.1. The lowest BCUT2D eigenvalue weighted by molar-refractivity contribution is -0.167. The minimum Gasteiger partial charge on any atom is -0.462 e. The molecule has 0 fully saturated rings. The summed E-state index contributed by atoms with van der Waals surface area (Å²) in [4.78, 5) is 38.2. The maximum Gasteiger partial charge on any atom is 0.306 e. The highest BCUT2D eigenvalue weighted by Crippen LogP contribution is 2.17. The minimum absolute atomic E-state index is 0.0807. The Labute approximate surface area is 508 Å². The molecule has 6 heteroatoms. The van der Waals surface area contributed by atoms with Crippen LogP contribution in [0.1, 0.15) is 335 Å². The van der Waals surface area contributed by atoms with Crippen molar-refractivity contribution in [2.75, 3.05) is 13.2 Å². The maximum absolute atomic E-state index is 12.9. The molecule has 0 aromatic carbocycles. The van der Waals surface area contributed by atoms with Gasteiger partial charge in [0.2, 0.25) is 0 Å². The highest BCUT2D eigenvalue weighted by atomic mass is 16.6. The van der Waals surface area contributed by atoms with Crippen molar-refractivity contribution in [3.05, 3.63) is 109 Å². The van der Waals surface area contributed by atoms with Crippen LogP contribution < -0.4 is 0 Å². The molecule has 0 aliphatic carbocycles. The van der Waals surface area contributed by atoms with E-state index in [2.05, 4.69) is 130 Å². The summed E-state index contributed by atoms with van der Waals surface area (Å²) in [6, 6.07) is 0. The van der Waals surface area contributed by atoms with Crippen LogP contribution in [0.25, 0.3) is 0 Å². The van der Waals surface area contributed by atoms with Crippen LogP contribution in [0.3, 0.4) is 0 Å². The van der Waals surface area contributed by atoms with E-state index in [0.29, 0.717) is 19.3 Å². The maximum atomic E-state index is 12.9. The second kappa shape index (κ2) is 69.6. The average molecular weight is 1140 g/mol. The number of allylic oxidation sites excluding steroid dienone is 18. The van der Waals surface area contributed by atoms with E-state index < -0.39 is 6.10 Å². The predicted molar refractivity (Wildman–Crippen MR) is 357 cm³/mol. The third-order valence-electron chi connectivity index (χ3n) is 15.0. The molecular weight excluding hydrogens is 1010 g/mol. The fourth-order valence-electron chi connectivity index (χ4n) is 9.85. The zero-order chi connectivity index (χ0) is 59.2. The van der Waals surface area contributed by atoms with Crippen LogP contribution in [-0.4, -0.2) is 37.2 Å². The number of carbonyl (C=O) groups excluding carboxylic acids is 3. The van der Waals surface area contributed by atoms with Crippen LogP contribution in [0.4, 0.5) is 0 Å². The predicted octanol–water partition coefficient (Wildman–Crippen LogP) is 24.2. The molecule has 0 spiro atoms. The Morgan fingerprint density at radius 3 is 0.744 bits per heavy atom. The van der Waals surface area contributed by atoms with E-state index in [4.69, 9.17) is 14.2 Å². The Morgan fingerprint density at radius 1 is 0.256 bits per heavy atom. The third kappa shape index (κ3) is 66.9. The smallest absolute Gasteiger partial charge is 0.306 e. The summed E-state index contributed by atoms with van der Waals surface area (Å²) in [7, 11) is 0. The Balaban J connectivity index is 4.19. The van der Waals surface area contributed by atoms with E-state index in [0.717, 1.165) is 135 Å². The molecule has 0 aliphatic heterocycles. The van der Waals surface area contributed by atoms with E-state index in [9.17, 15) is 14.4 Å². The largest absolute Gasteiger partial charge is 0.462 e. The molecule has 0 saturated heterocycles. The number of ether oxygens (including phenoxy) is 3. The number of hydrogen-bond donors (Lipinski definition) is 0. The van der Waals surface area contributed by atoms with Crippen molar-refractivity contribution in [3.63, 3.8) is 0 Å². The molecule has 82 heavy (non-hydrogen) atoms. The molecule has 0 saturated carbocycles. The first-order chi connectivity index (χ1) is 40.5. The molecule has 0 rings (SSSR count). The molecule has 0 aliphatic rings. The molecular formula is C76H130O6. The zero-order valence-electron chi connectivity index (χ0n) is 54.0. The van der Waals surface area contributed by atoms with Crippen molar-refractivity contribution < 1.29 is 28.6 Å². The molecule has 6 nitrogen and oxygen atoms in total. The van der Waals surface area contributed by atoms with Crippen LogP contribution >= 0.6 is 0 Å². The Hall–Kier alpha value is -3.93. The van der Waals surface area contributed by atoms with Crippen LogP contribution in [0.2, 0.25) is 0 Å². The number of unbranched alkanes of at least 4 members (excludes halogenated alkanes) is 34. The topological polar surface area (TPSA) is 78.9 Å². The monoisotopic (exact) mass is 1140 g/mol. The van der Waals surface area contributed by atoms with Gasteiger partial charge in [0, 0.05) is 19.3 Å². The molecule has 470 valence electrons. The van der Waals surface area contributed by atoms with Gasteiger partial charge in [-0.2, -0.15) is 0 Å². The summed E-state index contributed by atoms with van der Waals surface area (Å²) in [6.45, 7) is 6.52. The molecule has 0 aromatic rings. The van der Waals surface area contributed by atoms with E-state index in [1.807, 2.05) is 0 Å². The lowest BCUT2D eigenvalue weighted by Crippen LogP contribution is -2.30. The SMILES string of the molecule is CC/C=C\C/C=C\C/C=C\C/C=C\C/C=C\C/C=C\C/C=C\C/C=C\C/C=C\CCCCCCCC(=O)OCC(COC(=O)CCCCCCCCCC)OC(=O)CCCCCCCCCCCCCCCCCCCCCCCCC. The highest BCUT2D eigenvalue weighted by Gasteiger charge is 2.19. The number of rotatable bonds is 63. The summed E-state index contributed by atoms with van der Waals surface area (Å²) in [5.74, 6) is -0.892. The number of esters is 3. The van der Waals surface area contributed by atoms with Gasteiger partial charge in [0.25, 0.3) is 0 Å². The van der Waals surface area contributed by atoms with Crippen LogP contribution in [-0.2, 0) is 28.6 Å². The van der Waals surface area contributed by atoms with Crippen LogP contribution in [0.5, 0.6) is 0 Å². The molecule has 1 unspecified atom stereocenters. The lowest BCUT2D eigenvalue weighted by Gasteiger charge is -2.18. The van der Waals surface area contributed by atoms with Crippen molar-refractivity contribution in [3.8, 4) is 0 Å². The van der Waals surface area contributed by atoms with Crippen molar-refractivity contribution in [2.24, 2.45) is 0 Å². The first-order valence-corrected chi connectivity index (χ1v) is 34.9. The van der Waals surface area contributed by atoms with Gasteiger partial charge in [0.1, 0.15) is 13.2 Å². The van der Waals surface area contributed by atoms with Crippen molar-refractivity contribution in [1.82, 2.24) is 0 Å².